The Morgan fingerprint density at radius 3 is 2.33 bits per heavy atom. The summed E-state index contributed by atoms with van der Waals surface area (Å²) in [6.07, 6.45) is 0.347. The van der Waals surface area contributed by atoms with Crippen LogP contribution in [0.1, 0.15) is 34.1 Å². The van der Waals surface area contributed by atoms with E-state index in [1.165, 1.54) is 0 Å². The monoisotopic (exact) mass is 299 g/mol. The molecule has 1 fully saturated rings. The van der Waals surface area contributed by atoms with Crippen molar-refractivity contribution in [3.8, 4) is 0 Å². The van der Waals surface area contributed by atoms with Crippen LogP contribution in [0.15, 0.2) is 0 Å². The standard InChI is InChI=1S/C15H29N3O3/c1-13(19)18(6-5-14(20)16-15(2,3)4)8-7-17-9-11-21-12-10-17/h5-12H2,1-4H3,(H,16,20). The summed E-state index contributed by atoms with van der Waals surface area (Å²) in [5.41, 5.74) is -0.230. The highest BCUT2D eigenvalue weighted by atomic mass is 16.5. The average molecular weight is 299 g/mol. The predicted octanol–water partition coefficient (Wildman–Crippen LogP) is 0.472. The van der Waals surface area contributed by atoms with Crippen LogP contribution in [0.3, 0.4) is 0 Å². The van der Waals surface area contributed by atoms with Crippen LogP contribution < -0.4 is 5.32 Å². The van der Waals surface area contributed by atoms with Crippen molar-refractivity contribution < 1.29 is 14.3 Å². The molecule has 122 valence electrons. The fourth-order valence-electron chi connectivity index (χ4n) is 2.23. The highest BCUT2D eigenvalue weighted by Crippen LogP contribution is 2.02. The van der Waals surface area contributed by atoms with Crippen LogP contribution in [0.25, 0.3) is 0 Å². The van der Waals surface area contributed by atoms with Crippen LogP contribution in [-0.2, 0) is 14.3 Å². The maximum atomic E-state index is 11.8. The molecule has 1 rings (SSSR count). The van der Waals surface area contributed by atoms with E-state index in [9.17, 15) is 9.59 Å². The average Bonchev–Trinajstić information content (AvgIpc) is 2.37. The maximum Gasteiger partial charge on any atom is 0.222 e. The highest BCUT2D eigenvalue weighted by Gasteiger charge is 2.17. The van der Waals surface area contributed by atoms with E-state index in [-0.39, 0.29) is 17.4 Å². The van der Waals surface area contributed by atoms with Crippen LogP contribution in [0.2, 0.25) is 0 Å². The van der Waals surface area contributed by atoms with Gasteiger partial charge in [0.2, 0.25) is 11.8 Å². The van der Waals surface area contributed by atoms with Gasteiger partial charge in [0.15, 0.2) is 0 Å². The van der Waals surface area contributed by atoms with Gasteiger partial charge in [0.1, 0.15) is 0 Å². The van der Waals surface area contributed by atoms with Crippen molar-refractivity contribution in [1.82, 2.24) is 15.1 Å². The van der Waals surface area contributed by atoms with Gasteiger partial charge in [-0.15, -0.1) is 0 Å². The number of nitrogens with zero attached hydrogens (tertiary/aromatic N) is 2. The Labute approximate surface area is 127 Å². The smallest absolute Gasteiger partial charge is 0.222 e. The zero-order chi connectivity index (χ0) is 15.9. The molecule has 0 aliphatic carbocycles. The third-order valence-corrected chi connectivity index (χ3v) is 3.36. The lowest BCUT2D eigenvalue weighted by molar-refractivity contribution is -0.130. The minimum atomic E-state index is -0.230. The number of carbonyl (C=O) groups is 2. The van der Waals surface area contributed by atoms with E-state index < -0.39 is 0 Å². The molecule has 1 aliphatic heterocycles. The van der Waals surface area contributed by atoms with Gasteiger partial charge in [-0.3, -0.25) is 14.5 Å². The van der Waals surface area contributed by atoms with Gasteiger partial charge in [0.05, 0.1) is 13.2 Å². The highest BCUT2D eigenvalue weighted by molar-refractivity contribution is 5.78. The molecule has 0 atom stereocenters. The van der Waals surface area contributed by atoms with Gasteiger partial charge in [0, 0.05) is 51.6 Å². The Morgan fingerprint density at radius 2 is 1.81 bits per heavy atom. The molecule has 0 saturated carbocycles. The Hall–Kier alpha value is -1.14. The first kappa shape index (κ1) is 17.9. The summed E-state index contributed by atoms with van der Waals surface area (Å²) in [6, 6.07) is 0. The van der Waals surface area contributed by atoms with Crippen molar-refractivity contribution in [3.63, 3.8) is 0 Å². The minimum absolute atomic E-state index is 0.0138. The second-order valence-electron chi connectivity index (χ2n) is 6.51. The second-order valence-corrected chi connectivity index (χ2v) is 6.51. The Balaban J connectivity index is 2.32. The Bertz CT molecular complexity index is 347. The number of amides is 2. The summed E-state index contributed by atoms with van der Waals surface area (Å²) in [7, 11) is 0. The van der Waals surface area contributed by atoms with Crippen molar-refractivity contribution >= 4 is 11.8 Å². The molecule has 0 bridgehead atoms. The fraction of sp³-hybridized carbons (Fsp3) is 0.867. The molecule has 0 radical (unpaired) electrons. The van der Waals surface area contributed by atoms with E-state index in [1.54, 1.807) is 11.8 Å². The van der Waals surface area contributed by atoms with E-state index in [0.717, 1.165) is 32.8 Å². The summed E-state index contributed by atoms with van der Waals surface area (Å²) in [6.45, 7) is 12.7. The SMILES string of the molecule is CC(=O)N(CCC(=O)NC(C)(C)C)CCN1CCOCC1. The number of hydrogen-bond donors (Lipinski definition) is 1. The lowest BCUT2D eigenvalue weighted by Gasteiger charge is -2.30. The van der Waals surface area contributed by atoms with Gasteiger partial charge in [0.25, 0.3) is 0 Å². The molecule has 1 heterocycles. The van der Waals surface area contributed by atoms with Crippen LogP contribution in [0, 0.1) is 0 Å². The van der Waals surface area contributed by atoms with E-state index in [2.05, 4.69) is 10.2 Å². The summed E-state index contributed by atoms with van der Waals surface area (Å²) in [4.78, 5) is 27.5. The zero-order valence-electron chi connectivity index (χ0n) is 13.8. The van der Waals surface area contributed by atoms with E-state index in [4.69, 9.17) is 4.74 Å². The number of rotatable bonds is 6. The molecular weight excluding hydrogens is 270 g/mol. The summed E-state index contributed by atoms with van der Waals surface area (Å²) >= 11 is 0. The first-order valence-electron chi connectivity index (χ1n) is 7.64. The van der Waals surface area contributed by atoms with Gasteiger partial charge in [-0.2, -0.15) is 0 Å². The molecule has 6 nitrogen and oxygen atoms in total. The first-order valence-corrected chi connectivity index (χ1v) is 7.64. The van der Waals surface area contributed by atoms with Crippen molar-refractivity contribution in [2.75, 3.05) is 45.9 Å². The van der Waals surface area contributed by atoms with E-state index in [1.807, 2.05) is 20.8 Å². The third kappa shape index (κ3) is 8.02. The van der Waals surface area contributed by atoms with Crippen molar-refractivity contribution in [2.45, 2.75) is 39.7 Å². The van der Waals surface area contributed by atoms with E-state index >= 15 is 0 Å². The number of carbonyl (C=O) groups excluding carboxylic acids is 2. The molecule has 0 aromatic heterocycles. The molecule has 0 aromatic rings. The lowest BCUT2D eigenvalue weighted by Crippen LogP contribution is -2.45. The number of morpholine rings is 1. The molecule has 1 N–H and O–H groups in total. The summed E-state index contributed by atoms with van der Waals surface area (Å²) in [5.74, 6) is 0.00643. The largest absolute Gasteiger partial charge is 0.379 e. The number of hydrogen-bond acceptors (Lipinski definition) is 4. The maximum absolute atomic E-state index is 11.8. The molecule has 0 aromatic carbocycles. The van der Waals surface area contributed by atoms with Crippen LogP contribution in [-0.4, -0.2) is 73.1 Å². The topological polar surface area (TPSA) is 61.9 Å². The lowest BCUT2D eigenvalue weighted by atomic mass is 10.1. The quantitative estimate of drug-likeness (QED) is 0.774. The molecular formula is C15H29N3O3. The molecule has 1 saturated heterocycles. The van der Waals surface area contributed by atoms with Gasteiger partial charge >= 0.3 is 0 Å². The molecule has 0 unspecified atom stereocenters. The third-order valence-electron chi connectivity index (χ3n) is 3.36. The van der Waals surface area contributed by atoms with Crippen LogP contribution in [0.4, 0.5) is 0 Å². The summed E-state index contributed by atoms with van der Waals surface area (Å²) < 4.78 is 5.30. The zero-order valence-corrected chi connectivity index (χ0v) is 13.8. The Morgan fingerprint density at radius 1 is 1.19 bits per heavy atom. The van der Waals surface area contributed by atoms with Gasteiger partial charge in [-0.1, -0.05) is 0 Å². The van der Waals surface area contributed by atoms with Crippen molar-refractivity contribution in [2.24, 2.45) is 0 Å². The van der Waals surface area contributed by atoms with Crippen LogP contribution in [0.5, 0.6) is 0 Å². The molecule has 6 heteroatoms. The fourth-order valence-corrected chi connectivity index (χ4v) is 2.23. The Kier molecular flexibility index (Phi) is 7.11. The van der Waals surface area contributed by atoms with E-state index in [0.29, 0.717) is 19.5 Å². The molecule has 1 aliphatic rings. The summed E-state index contributed by atoms with van der Waals surface area (Å²) in [5, 5.41) is 2.92. The first-order chi connectivity index (χ1) is 9.78. The van der Waals surface area contributed by atoms with Crippen LogP contribution >= 0.6 is 0 Å². The molecule has 0 spiro atoms. The van der Waals surface area contributed by atoms with Gasteiger partial charge < -0.3 is 15.0 Å². The second kappa shape index (κ2) is 8.34. The molecule has 21 heavy (non-hydrogen) atoms. The van der Waals surface area contributed by atoms with Crippen molar-refractivity contribution in [1.29, 1.82) is 0 Å². The van der Waals surface area contributed by atoms with Gasteiger partial charge in [-0.25, -0.2) is 0 Å². The molecule has 2 amide bonds. The minimum Gasteiger partial charge on any atom is -0.379 e. The normalized spacial score (nSPS) is 16.6. The number of ether oxygens (including phenoxy) is 1. The number of nitrogens with one attached hydrogen (secondary N) is 1. The predicted molar refractivity (Wildman–Crippen MR) is 82.0 cm³/mol. The van der Waals surface area contributed by atoms with Gasteiger partial charge in [-0.05, 0) is 20.8 Å². The van der Waals surface area contributed by atoms with Crippen molar-refractivity contribution in [3.05, 3.63) is 0 Å².